The van der Waals surface area contributed by atoms with Crippen molar-refractivity contribution in [1.82, 2.24) is 0 Å². The molecule has 94 valence electrons. The molecule has 0 heterocycles. The van der Waals surface area contributed by atoms with E-state index in [0.29, 0.717) is 30.4 Å². The molecule has 0 amide bonds. The maximum absolute atomic E-state index is 11.2. The predicted octanol–water partition coefficient (Wildman–Crippen LogP) is 3.22. The van der Waals surface area contributed by atoms with E-state index in [1.807, 2.05) is 0 Å². The minimum Gasteiger partial charge on any atom is -0.462 e. The molecule has 0 bridgehead atoms. The standard InChI is InChI=1S/C14H21NO2/c1-11(2)14(16)17-10-8-13-5-3-12(4-6-13)7-9-15/h12-13H,1,3-8,10H2,2H3. The summed E-state index contributed by atoms with van der Waals surface area (Å²) >= 11 is 0. The Kier molecular flexibility index (Phi) is 5.76. The van der Waals surface area contributed by atoms with E-state index in [0.717, 1.165) is 32.1 Å². The van der Waals surface area contributed by atoms with Gasteiger partial charge in [-0.1, -0.05) is 19.4 Å². The van der Waals surface area contributed by atoms with Crippen LogP contribution in [-0.4, -0.2) is 12.6 Å². The van der Waals surface area contributed by atoms with Crippen molar-refractivity contribution in [3.8, 4) is 6.07 Å². The van der Waals surface area contributed by atoms with Crippen molar-refractivity contribution in [2.45, 2.75) is 45.4 Å². The van der Waals surface area contributed by atoms with Gasteiger partial charge in [0.05, 0.1) is 12.7 Å². The van der Waals surface area contributed by atoms with Gasteiger partial charge in [0.1, 0.15) is 0 Å². The second-order valence-electron chi connectivity index (χ2n) is 4.95. The van der Waals surface area contributed by atoms with Crippen molar-refractivity contribution >= 4 is 5.97 Å². The van der Waals surface area contributed by atoms with E-state index in [1.165, 1.54) is 0 Å². The van der Waals surface area contributed by atoms with Crippen molar-refractivity contribution < 1.29 is 9.53 Å². The van der Waals surface area contributed by atoms with E-state index in [9.17, 15) is 4.79 Å². The van der Waals surface area contributed by atoms with Gasteiger partial charge in [-0.05, 0) is 38.0 Å². The van der Waals surface area contributed by atoms with E-state index in [1.54, 1.807) is 6.92 Å². The van der Waals surface area contributed by atoms with Gasteiger partial charge in [-0.3, -0.25) is 0 Å². The molecule has 1 rings (SSSR count). The average molecular weight is 235 g/mol. The first-order chi connectivity index (χ1) is 8.13. The van der Waals surface area contributed by atoms with Gasteiger partial charge in [-0.25, -0.2) is 4.79 Å². The third kappa shape index (κ3) is 5.04. The van der Waals surface area contributed by atoms with Gasteiger partial charge in [0.2, 0.25) is 0 Å². The second kappa shape index (κ2) is 7.11. The maximum Gasteiger partial charge on any atom is 0.333 e. The van der Waals surface area contributed by atoms with Crippen LogP contribution in [-0.2, 0) is 9.53 Å². The van der Waals surface area contributed by atoms with Crippen molar-refractivity contribution in [2.75, 3.05) is 6.61 Å². The molecule has 1 aliphatic carbocycles. The van der Waals surface area contributed by atoms with Gasteiger partial charge in [-0.15, -0.1) is 0 Å². The van der Waals surface area contributed by atoms with Crippen LogP contribution in [0.25, 0.3) is 0 Å². The molecule has 1 saturated carbocycles. The molecule has 3 heteroatoms. The zero-order chi connectivity index (χ0) is 12.7. The van der Waals surface area contributed by atoms with Crippen LogP contribution in [0.15, 0.2) is 12.2 Å². The van der Waals surface area contributed by atoms with Crippen molar-refractivity contribution in [2.24, 2.45) is 11.8 Å². The Morgan fingerprint density at radius 2 is 1.94 bits per heavy atom. The Labute approximate surface area is 103 Å². The number of carbonyl (C=O) groups excluding carboxylic acids is 1. The van der Waals surface area contributed by atoms with Gasteiger partial charge in [0.25, 0.3) is 0 Å². The van der Waals surface area contributed by atoms with Crippen molar-refractivity contribution in [3.05, 3.63) is 12.2 Å². The molecule has 0 saturated heterocycles. The fourth-order valence-electron chi connectivity index (χ4n) is 2.29. The Morgan fingerprint density at radius 3 is 2.47 bits per heavy atom. The lowest BCUT2D eigenvalue weighted by Gasteiger charge is -2.26. The number of rotatable bonds is 5. The number of esters is 1. The summed E-state index contributed by atoms with van der Waals surface area (Å²) in [6, 6.07) is 2.24. The van der Waals surface area contributed by atoms with Crippen LogP contribution in [0.2, 0.25) is 0 Å². The zero-order valence-electron chi connectivity index (χ0n) is 10.6. The lowest BCUT2D eigenvalue weighted by Crippen LogP contribution is -2.17. The summed E-state index contributed by atoms with van der Waals surface area (Å²) in [6.07, 6.45) is 6.25. The summed E-state index contributed by atoms with van der Waals surface area (Å²) in [6.45, 7) is 5.71. The van der Waals surface area contributed by atoms with E-state index in [2.05, 4.69) is 12.6 Å². The first-order valence-corrected chi connectivity index (χ1v) is 6.33. The molecule has 1 aliphatic rings. The van der Waals surface area contributed by atoms with E-state index < -0.39 is 0 Å². The molecule has 0 aliphatic heterocycles. The topological polar surface area (TPSA) is 50.1 Å². The molecule has 0 radical (unpaired) electrons. The molecule has 17 heavy (non-hydrogen) atoms. The molecule has 0 spiro atoms. The first kappa shape index (κ1) is 13.8. The molecular weight excluding hydrogens is 214 g/mol. The van der Waals surface area contributed by atoms with Crippen LogP contribution in [0, 0.1) is 23.2 Å². The van der Waals surface area contributed by atoms with Crippen LogP contribution in [0.4, 0.5) is 0 Å². The molecule has 0 aromatic carbocycles. The molecular formula is C14H21NO2. The third-order valence-electron chi connectivity index (χ3n) is 3.45. The van der Waals surface area contributed by atoms with Gasteiger partial charge in [0, 0.05) is 12.0 Å². The lowest BCUT2D eigenvalue weighted by atomic mass is 9.79. The van der Waals surface area contributed by atoms with E-state index in [4.69, 9.17) is 10.00 Å². The molecule has 0 aromatic heterocycles. The maximum atomic E-state index is 11.2. The van der Waals surface area contributed by atoms with Crippen LogP contribution < -0.4 is 0 Å². The van der Waals surface area contributed by atoms with Crippen molar-refractivity contribution in [1.29, 1.82) is 5.26 Å². The van der Waals surface area contributed by atoms with Gasteiger partial charge in [-0.2, -0.15) is 5.26 Å². The minimum atomic E-state index is -0.289. The normalized spacial score (nSPS) is 23.8. The van der Waals surface area contributed by atoms with Gasteiger partial charge in [0.15, 0.2) is 0 Å². The Balaban J connectivity index is 2.13. The summed E-state index contributed by atoms with van der Waals surface area (Å²) in [5, 5.41) is 8.62. The number of nitriles is 1. The molecule has 0 aromatic rings. The number of hydrogen-bond acceptors (Lipinski definition) is 3. The van der Waals surface area contributed by atoms with Crippen LogP contribution in [0.3, 0.4) is 0 Å². The number of carbonyl (C=O) groups is 1. The number of hydrogen-bond donors (Lipinski definition) is 0. The smallest absolute Gasteiger partial charge is 0.333 e. The summed E-state index contributed by atoms with van der Waals surface area (Å²) < 4.78 is 5.09. The monoisotopic (exact) mass is 235 g/mol. The quantitative estimate of drug-likeness (QED) is 0.543. The SMILES string of the molecule is C=C(C)C(=O)OCCC1CCC(CC#N)CC1. The Hall–Kier alpha value is -1.30. The van der Waals surface area contributed by atoms with Gasteiger partial charge >= 0.3 is 5.97 Å². The molecule has 0 unspecified atom stereocenters. The fraction of sp³-hybridized carbons (Fsp3) is 0.714. The van der Waals surface area contributed by atoms with E-state index in [-0.39, 0.29) is 5.97 Å². The first-order valence-electron chi connectivity index (χ1n) is 6.33. The van der Waals surface area contributed by atoms with Crippen LogP contribution >= 0.6 is 0 Å². The Morgan fingerprint density at radius 1 is 1.35 bits per heavy atom. The largest absolute Gasteiger partial charge is 0.462 e. The lowest BCUT2D eigenvalue weighted by molar-refractivity contribution is -0.139. The van der Waals surface area contributed by atoms with Crippen LogP contribution in [0.1, 0.15) is 45.4 Å². The van der Waals surface area contributed by atoms with Gasteiger partial charge < -0.3 is 4.74 Å². The van der Waals surface area contributed by atoms with Crippen molar-refractivity contribution in [3.63, 3.8) is 0 Å². The third-order valence-corrected chi connectivity index (χ3v) is 3.45. The second-order valence-corrected chi connectivity index (χ2v) is 4.95. The van der Waals surface area contributed by atoms with Crippen LogP contribution in [0.5, 0.6) is 0 Å². The summed E-state index contributed by atoms with van der Waals surface area (Å²) in [7, 11) is 0. The highest BCUT2D eigenvalue weighted by molar-refractivity contribution is 5.86. The fourth-order valence-corrected chi connectivity index (χ4v) is 2.29. The highest BCUT2D eigenvalue weighted by Gasteiger charge is 2.21. The summed E-state index contributed by atoms with van der Waals surface area (Å²) in [5.74, 6) is 0.959. The minimum absolute atomic E-state index is 0.289. The summed E-state index contributed by atoms with van der Waals surface area (Å²) in [4.78, 5) is 11.2. The number of nitrogens with zero attached hydrogens (tertiary/aromatic N) is 1. The highest BCUT2D eigenvalue weighted by atomic mass is 16.5. The average Bonchev–Trinajstić information content (AvgIpc) is 2.31. The van der Waals surface area contributed by atoms with E-state index >= 15 is 0 Å². The highest BCUT2D eigenvalue weighted by Crippen LogP contribution is 2.32. The molecule has 0 atom stereocenters. The number of ether oxygens (including phenoxy) is 1. The predicted molar refractivity (Wildman–Crippen MR) is 66.1 cm³/mol. The molecule has 1 fully saturated rings. The summed E-state index contributed by atoms with van der Waals surface area (Å²) in [5.41, 5.74) is 0.461. The molecule has 3 nitrogen and oxygen atoms in total. The Bertz CT molecular complexity index is 309. The molecule has 0 N–H and O–H groups in total. The zero-order valence-corrected chi connectivity index (χ0v) is 10.6.